The van der Waals surface area contributed by atoms with Gasteiger partial charge in [-0.1, -0.05) is 28.1 Å². The molecular formula is C10H11BrO3. The first kappa shape index (κ1) is 11.2. The van der Waals surface area contributed by atoms with E-state index in [-0.39, 0.29) is 6.42 Å². The zero-order valence-corrected chi connectivity index (χ0v) is 9.37. The lowest BCUT2D eigenvalue weighted by molar-refractivity contribution is -0.136. The molecule has 0 radical (unpaired) electrons. The average Bonchev–Trinajstić information content (AvgIpc) is 2.10. The smallest absolute Gasteiger partial charge is 0.307 e. The number of hydrogen-bond donors (Lipinski definition) is 1. The van der Waals surface area contributed by atoms with Gasteiger partial charge in [0.25, 0.3) is 0 Å². The van der Waals surface area contributed by atoms with Gasteiger partial charge in [0, 0.05) is 11.6 Å². The van der Waals surface area contributed by atoms with E-state index in [1.165, 1.54) is 0 Å². The van der Waals surface area contributed by atoms with Crippen LogP contribution < -0.4 is 0 Å². The highest BCUT2D eigenvalue weighted by Crippen LogP contribution is 2.19. The monoisotopic (exact) mass is 258 g/mol. The molecule has 0 aromatic heterocycles. The molecule has 0 atom stereocenters. The van der Waals surface area contributed by atoms with Gasteiger partial charge < -0.3 is 9.84 Å². The lowest BCUT2D eigenvalue weighted by atomic mass is 10.1. The van der Waals surface area contributed by atoms with Gasteiger partial charge in [-0.2, -0.15) is 0 Å². The minimum Gasteiger partial charge on any atom is -0.481 e. The Hall–Kier alpha value is -0.870. The van der Waals surface area contributed by atoms with E-state index in [1.54, 1.807) is 13.2 Å². The Morgan fingerprint density at radius 2 is 2.29 bits per heavy atom. The van der Waals surface area contributed by atoms with E-state index in [1.807, 2.05) is 12.1 Å². The quantitative estimate of drug-likeness (QED) is 0.901. The van der Waals surface area contributed by atoms with Crippen LogP contribution in [0.1, 0.15) is 11.1 Å². The first-order valence-electron chi connectivity index (χ1n) is 4.11. The summed E-state index contributed by atoms with van der Waals surface area (Å²) in [6.07, 6.45) is 0.0456. The van der Waals surface area contributed by atoms with E-state index < -0.39 is 5.97 Å². The molecule has 1 rings (SSSR count). The number of hydrogen-bond acceptors (Lipinski definition) is 2. The lowest BCUT2D eigenvalue weighted by Crippen LogP contribution is -2.01. The third-order valence-corrected chi connectivity index (χ3v) is 2.54. The van der Waals surface area contributed by atoms with Crippen molar-refractivity contribution in [3.8, 4) is 0 Å². The molecule has 4 heteroatoms. The van der Waals surface area contributed by atoms with Gasteiger partial charge in [0.2, 0.25) is 0 Å². The highest BCUT2D eigenvalue weighted by Gasteiger charge is 2.04. The van der Waals surface area contributed by atoms with Crippen molar-refractivity contribution >= 4 is 21.9 Å². The maximum Gasteiger partial charge on any atom is 0.307 e. The molecule has 0 aliphatic rings. The molecule has 76 valence electrons. The largest absolute Gasteiger partial charge is 0.481 e. The zero-order valence-electron chi connectivity index (χ0n) is 7.79. The molecule has 0 bridgehead atoms. The average molecular weight is 259 g/mol. The summed E-state index contributed by atoms with van der Waals surface area (Å²) in [6.45, 7) is 0.480. The van der Waals surface area contributed by atoms with Crippen LogP contribution in [-0.2, 0) is 22.6 Å². The summed E-state index contributed by atoms with van der Waals surface area (Å²) in [4.78, 5) is 10.5. The van der Waals surface area contributed by atoms with Gasteiger partial charge in [0.1, 0.15) is 0 Å². The third-order valence-electron chi connectivity index (χ3n) is 1.77. The van der Waals surface area contributed by atoms with Crippen LogP contribution in [0.4, 0.5) is 0 Å². The number of rotatable bonds is 4. The number of benzene rings is 1. The van der Waals surface area contributed by atoms with Crippen molar-refractivity contribution in [1.82, 2.24) is 0 Å². The summed E-state index contributed by atoms with van der Waals surface area (Å²) in [5.41, 5.74) is 1.75. The molecule has 0 fully saturated rings. The van der Waals surface area contributed by atoms with Crippen LogP contribution in [0.15, 0.2) is 22.7 Å². The molecule has 0 aliphatic heterocycles. The molecular weight excluding hydrogens is 248 g/mol. The molecule has 3 nitrogen and oxygen atoms in total. The molecule has 0 saturated carbocycles. The Balaban J connectivity index is 2.88. The number of aliphatic carboxylic acids is 1. The van der Waals surface area contributed by atoms with Crippen LogP contribution in [0.3, 0.4) is 0 Å². The molecule has 0 unspecified atom stereocenters. The summed E-state index contributed by atoms with van der Waals surface area (Å²) < 4.78 is 5.93. The highest BCUT2D eigenvalue weighted by molar-refractivity contribution is 9.10. The van der Waals surface area contributed by atoms with Crippen molar-refractivity contribution in [2.45, 2.75) is 13.0 Å². The fourth-order valence-electron chi connectivity index (χ4n) is 1.18. The van der Waals surface area contributed by atoms with E-state index in [0.717, 1.165) is 15.6 Å². The fraction of sp³-hybridized carbons (Fsp3) is 0.300. The molecule has 1 N–H and O–H groups in total. The second kappa shape index (κ2) is 5.12. The zero-order chi connectivity index (χ0) is 10.6. The van der Waals surface area contributed by atoms with Gasteiger partial charge in [-0.05, 0) is 17.2 Å². The molecule has 14 heavy (non-hydrogen) atoms. The van der Waals surface area contributed by atoms with Crippen LogP contribution in [0.2, 0.25) is 0 Å². The SMILES string of the molecule is COCc1cc(CC(=O)O)ccc1Br. The molecule has 0 saturated heterocycles. The van der Waals surface area contributed by atoms with Crippen LogP contribution in [0.25, 0.3) is 0 Å². The van der Waals surface area contributed by atoms with Crippen LogP contribution in [0, 0.1) is 0 Å². The Kier molecular flexibility index (Phi) is 4.10. The van der Waals surface area contributed by atoms with Crippen molar-refractivity contribution in [3.05, 3.63) is 33.8 Å². The number of ether oxygens (including phenoxy) is 1. The maximum atomic E-state index is 10.5. The molecule has 0 heterocycles. The number of halogens is 1. The molecule has 0 aliphatic carbocycles. The summed E-state index contributed by atoms with van der Waals surface area (Å²) in [7, 11) is 1.61. The van der Waals surface area contributed by atoms with Crippen molar-refractivity contribution in [2.75, 3.05) is 7.11 Å². The van der Waals surface area contributed by atoms with Gasteiger partial charge in [0.05, 0.1) is 13.0 Å². The van der Waals surface area contributed by atoms with Gasteiger partial charge in [-0.3, -0.25) is 4.79 Å². The number of carboxylic acids is 1. The molecule has 1 aromatic carbocycles. The maximum absolute atomic E-state index is 10.5. The minimum atomic E-state index is -0.823. The van der Waals surface area contributed by atoms with Crippen molar-refractivity contribution < 1.29 is 14.6 Å². The second-order valence-corrected chi connectivity index (χ2v) is 3.78. The summed E-state index contributed by atoms with van der Waals surface area (Å²) in [5.74, 6) is -0.823. The molecule has 0 spiro atoms. The van der Waals surface area contributed by atoms with Gasteiger partial charge >= 0.3 is 5.97 Å². The van der Waals surface area contributed by atoms with E-state index >= 15 is 0 Å². The van der Waals surface area contributed by atoms with Gasteiger partial charge in [-0.15, -0.1) is 0 Å². The fourth-order valence-corrected chi connectivity index (χ4v) is 1.54. The van der Waals surface area contributed by atoms with Gasteiger partial charge in [0.15, 0.2) is 0 Å². The molecule has 0 amide bonds. The standard InChI is InChI=1S/C10H11BrO3/c1-14-6-8-4-7(5-10(12)13)2-3-9(8)11/h2-4H,5-6H2,1H3,(H,12,13). The van der Waals surface area contributed by atoms with Gasteiger partial charge in [-0.25, -0.2) is 0 Å². The summed E-state index contributed by atoms with van der Waals surface area (Å²) in [6, 6.07) is 5.46. The van der Waals surface area contributed by atoms with E-state index in [0.29, 0.717) is 6.61 Å². The number of methoxy groups -OCH3 is 1. The van der Waals surface area contributed by atoms with Crippen LogP contribution >= 0.6 is 15.9 Å². The first-order valence-corrected chi connectivity index (χ1v) is 4.91. The first-order chi connectivity index (χ1) is 6.63. The molecule has 1 aromatic rings. The Morgan fingerprint density at radius 3 is 2.86 bits per heavy atom. The predicted molar refractivity (Wildman–Crippen MR) is 56.2 cm³/mol. The number of carbonyl (C=O) groups is 1. The normalized spacial score (nSPS) is 10.1. The Bertz CT molecular complexity index is 336. The second-order valence-electron chi connectivity index (χ2n) is 2.93. The Labute approximate surface area is 90.8 Å². The topological polar surface area (TPSA) is 46.5 Å². The third kappa shape index (κ3) is 3.12. The van der Waals surface area contributed by atoms with E-state index in [2.05, 4.69) is 15.9 Å². The lowest BCUT2D eigenvalue weighted by Gasteiger charge is -2.05. The minimum absolute atomic E-state index is 0.0456. The summed E-state index contributed by atoms with van der Waals surface area (Å²) >= 11 is 3.37. The van der Waals surface area contributed by atoms with Crippen molar-refractivity contribution in [2.24, 2.45) is 0 Å². The van der Waals surface area contributed by atoms with Crippen LogP contribution in [0.5, 0.6) is 0 Å². The highest BCUT2D eigenvalue weighted by atomic mass is 79.9. The van der Waals surface area contributed by atoms with Crippen LogP contribution in [-0.4, -0.2) is 18.2 Å². The number of carboxylic acid groups (broad SMARTS) is 1. The van der Waals surface area contributed by atoms with Crippen molar-refractivity contribution in [3.63, 3.8) is 0 Å². The summed E-state index contributed by atoms with van der Waals surface area (Å²) in [5, 5.41) is 8.61. The predicted octanol–water partition coefficient (Wildman–Crippen LogP) is 2.22. The Morgan fingerprint density at radius 1 is 1.57 bits per heavy atom. The van der Waals surface area contributed by atoms with Crippen molar-refractivity contribution in [1.29, 1.82) is 0 Å². The van der Waals surface area contributed by atoms with E-state index in [9.17, 15) is 4.79 Å². The van der Waals surface area contributed by atoms with E-state index in [4.69, 9.17) is 9.84 Å².